The van der Waals surface area contributed by atoms with Crippen LogP contribution in [0.3, 0.4) is 0 Å². The van der Waals surface area contributed by atoms with Crippen LogP contribution in [-0.4, -0.2) is 46.1 Å². The molecule has 0 aliphatic carbocycles. The molecule has 3 rings (SSSR count). The number of aromatic nitrogens is 1. The molecule has 1 aromatic heterocycles. The Morgan fingerprint density at radius 1 is 1.17 bits per heavy atom. The van der Waals surface area contributed by atoms with Gasteiger partial charge < -0.3 is 14.7 Å². The summed E-state index contributed by atoms with van der Waals surface area (Å²) in [5, 5.41) is 8.88. The Morgan fingerprint density at radius 2 is 1.92 bits per heavy atom. The maximum atomic E-state index is 12.7. The number of aromatic carboxylic acids is 1. The van der Waals surface area contributed by atoms with Gasteiger partial charge in [-0.15, -0.1) is 0 Å². The molecule has 0 spiro atoms. The highest BCUT2D eigenvalue weighted by Crippen LogP contribution is 2.26. The summed E-state index contributed by atoms with van der Waals surface area (Å²) in [5.74, 6) is -1.28. The van der Waals surface area contributed by atoms with E-state index in [9.17, 15) is 9.59 Å². The van der Waals surface area contributed by atoms with Crippen molar-refractivity contribution < 1.29 is 19.4 Å². The molecule has 24 heavy (non-hydrogen) atoms. The molecule has 1 fully saturated rings. The van der Waals surface area contributed by atoms with Crippen LogP contribution in [0.15, 0.2) is 48.7 Å². The van der Waals surface area contributed by atoms with E-state index in [0.29, 0.717) is 18.7 Å². The van der Waals surface area contributed by atoms with E-state index < -0.39 is 5.97 Å². The fourth-order valence-corrected chi connectivity index (χ4v) is 2.80. The Kier molecular flexibility index (Phi) is 4.57. The maximum Gasteiger partial charge on any atom is 0.354 e. The number of nitrogens with zero attached hydrogens (tertiary/aromatic N) is 2. The molecule has 1 N–H and O–H groups in total. The lowest BCUT2D eigenvalue weighted by Gasteiger charge is -2.37. The summed E-state index contributed by atoms with van der Waals surface area (Å²) in [6, 6.07) is 12.6. The van der Waals surface area contributed by atoms with Crippen LogP contribution in [0.1, 0.15) is 39.4 Å². The summed E-state index contributed by atoms with van der Waals surface area (Å²) < 4.78 is 5.95. The topological polar surface area (TPSA) is 79.7 Å². The number of hydrogen-bond donors (Lipinski definition) is 1. The standard InChI is InChI=1S/C18H18N2O4/c1-12-10-20(11-16(24-12)13-5-3-2-4-6-13)17(21)14-7-8-15(18(22)23)19-9-14/h2-9,12,16H,10-11H2,1H3,(H,22,23). The van der Waals surface area contributed by atoms with Crippen molar-refractivity contribution in [3.05, 3.63) is 65.5 Å². The van der Waals surface area contributed by atoms with E-state index in [2.05, 4.69) is 4.98 Å². The normalized spacial score (nSPS) is 20.6. The summed E-state index contributed by atoms with van der Waals surface area (Å²) in [4.78, 5) is 29.1. The molecule has 0 radical (unpaired) electrons. The second-order valence-electron chi connectivity index (χ2n) is 5.79. The minimum Gasteiger partial charge on any atom is -0.477 e. The Labute approximate surface area is 139 Å². The number of amides is 1. The molecule has 1 aromatic carbocycles. The van der Waals surface area contributed by atoms with Gasteiger partial charge in [-0.3, -0.25) is 4.79 Å². The first-order valence-electron chi connectivity index (χ1n) is 7.73. The lowest BCUT2D eigenvalue weighted by atomic mass is 10.1. The molecule has 0 saturated carbocycles. The molecule has 2 heterocycles. The van der Waals surface area contributed by atoms with Crippen LogP contribution in [0.5, 0.6) is 0 Å². The SMILES string of the molecule is CC1CN(C(=O)c2ccc(C(=O)O)nc2)CC(c2ccccc2)O1. The van der Waals surface area contributed by atoms with E-state index in [0.717, 1.165) is 5.56 Å². The molecule has 6 heteroatoms. The molecule has 1 aliphatic heterocycles. The minimum atomic E-state index is -1.11. The number of hydrogen-bond acceptors (Lipinski definition) is 4. The summed E-state index contributed by atoms with van der Waals surface area (Å²) in [7, 11) is 0. The molecule has 1 saturated heterocycles. The van der Waals surface area contributed by atoms with Crippen LogP contribution < -0.4 is 0 Å². The van der Waals surface area contributed by atoms with Gasteiger partial charge in [0.25, 0.3) is 5.91 Å². The van der Waals surface area contributed by atoms with Gasteiger partial charge in [0, 0.05) is 12.7 Å². The summed E-state index contributed by atoms with van der Waals surface area (Å²) in [6.07, 6.45) is 1.05. The van der Waals surface area contributed by atoms with Crippen LogP contribution >= 0.6 is 0 Å². The van der Waals surface area contributed by atoms with Crippen molar-refractivity contribution in [3.8, 4) is 0 Å². The number of carboxylic acids is 1. The first-order chi connectivity index (χ1) is 11.5. The number of carbonyl (C=O) groups excluding carboxylic acids is 1. The Balaban J connectivity index is 1.77. The number of carbonyl (C=O) groups is 2. The number of benzene rings is 1. The first-order valence-corrected chi connectivity index (χ1v) is 7.73. The van der Waals surface area contributed by atoms with Crippen molar-refractivity contribution in [2.45, 2.75) is 19.1 Å². The predicted octanol–water partition coefficient (Wildman–Crippen LogP) is 2.38. The summed E-state index contributed by atoms with van der Waals surface area (Å²) in [5.41, 5.74) is 1.33. The number of pyridine rings is 1. The Morgan fingerprint density at radius 3 is 2.54 bits per heavy atom. The van der Waals surface area contributed by atoms with Crippen LogP contribution in [0, 0.1) is 0 Å². The minimum absolute atomic E-state index is 0.0796. The highest BCUT2D eigenvalue weighted by atomic mass is 16.5. The fourth-order valence-electron chi connectivity index (χ4n) is 2.80. The van der Waals surface area contributed by atoms with E-state index in [1.807, 2.05) is 37.3 Å². The van der Waals surface area contributed by atoms with Crippen LogP contribution in [0.25, 0.3) is 0 Å². The molecule has 2 aromatic rings. The van der Waals surface area contributed by atoms with E-state index in [4.69, 9.17) is 9.84 Å². The summed E-state index contributed by atoms with van der Waals surface area (Å²) in [6.45, 7) is 2.87. The number of ether oxygens (including phenoxy) is 1. The zero-order valence-corrected chi connectivity index (χ0v) is 13.3. The van der Waals surface area contributed by atoms with Gasteiger partial charge in [-0.2, -0.15) is 0 Å². The van der Waals surface area contributed by atoms with Crippen LogP contribution in [0.2, 0.25) is 0 Å². The lowest BCUT2D eigenvalue weighted by Crippen LogP contribution is -2.46. The van der Waals surface area contributed by atoms with Crippen molar-refractivity contribution in [3.63, 3.8) is 0 Å². The van der Waals surface area contributed by atoms with Gasteiger partial charge in [0.1, 0.15) is 11.8 Å². The van der Waals surface area contributed by atoms with E-state index >= 15 is 0 Å². The van der Waals surface area contributed by atoms with Gasteiger partial charge in [0.2, 0.25) is 0 Å². The zero-order valence-electron chi connectivity index (χ0n) is 13.3. The smallest absolute Gasteiger partial charge is 0.354 e. The number of carboxylic acid groups (broad SMARTS) is 1. The van der Waals surface area contributed by atoms with Crippen molar-refractivity contribution in [1.82, 2.24) is 9.88 Å². The van der Waals surface area contributed by atoms with Crippen LogP contribution in [0.4, 0.5) is 0 Å². The van der Waals surface area contributed by atoms with E-state index in [1.54, 1.807) is 4.90 Å². The molecule has 2 atom stereocenters. The molecule has 0 bridgehead atoms. The fraction of sp³-hybridized carbons (Fsp3) is 0.278. The monoisotopic (exact) mass is 326 g/mol. The van der Waals surface area contributed by atoms with E-state index in [-0.39, 0.29) is 23.8 Å². The third kappa shape index (κ3) is 3.44. The van der Waals surface area contributed by atoms with E-state index in [1.165, 1.54) is 18.3 Å². The molecular weight excluding hydrogens is 308 g/mol. The second-order valence-corrected chi connectivity index (χ2v) is 5.79. The third-order valence-electron chi connectivity index (χ3n) is 3.95. The third-order valence-corrected chi connectivity index (χ3v) is 3.95. The average Bonchev–Trinajstić information content (AvgIpc) is 2.61. The number of rotatable bonds is 3. The Bertz CT molecular complexity index is 730. The van der Waals surface area contributed by atoms with Gasteiger partial charge in [0.15, 0.2) is 0 Å². The highest BCUT2D eigenvalue weighted by Gasteiger charge is 2.30. The maximum absolute atomic E-state index is 12.7. The van der Waals surface area contributed by atoms with Gasteiger partial charge >= 0.3 is 5.97 Å². The highest BCUT2D eigenvalue weighted by molar-refractivity contribution is 5.95. The molecule has 1 aliphatic rings. The molecule has 1 amide bonds. The lowest BCUT2D eigenvalue weighted by molar-refractivity contribution is -0.0691. The molecule has 6 nitrogen and oxygen atoms in total. The Hall–Kier alpha value is -2.73. The van der Waals surface area contributed by atoms with Crippen molar-refractivity contribution in [2.75, 3.05) is 13.1 Å². The van der Waals surface area contributed by atoms with Crippen molar-refractivity contribution in [2.24, 2.45) is 0 Å². The second kappa shape index (κ2) is 6.80. The molecular formula is C18H18N2O4. The van der Waals surface area contributed by atoms with Crippen molar-refractivity contribution >= 4 is 11.9 Å². The largest absolute Gasteiger partial charge is 0.477 e. The van der Waals surface area contributed by atoms with Gasteiger partial charge in [-0.05, 0) is 24.6 Å². The van der Waals surface area contributed by atoms with Crippen molar-refractivity contribution in [1.29, 1.82) is 0 Å². The zero-order chi connectivity index (χ0) is 17.1. The summed E-state index contributed by atoms with van der Waals surface area (Å²) >= 11 is 0. The van der Waals surface area contributed by atoms with Gasteiger partial charge in [0.05, 0.1) is 18.2 Å². The quantitative estimate of drug-likeness (QED) is 0.937. The van der Waals surface area contributed by atoms with Crippen LogP contribution in [-0.2, 0) is 4.74 Å². The van der Waals surface area contributed by atoms with Gasteiger partial charge in [-0.25, -0.2) is 9.78 Å². The first kappa shape index (κ1) is 16.1. The number of morpholine rings is 1. The molecule has 124 valence electrons. The average molecular weight is 326 g/mol. The van der Waals surface area contributed by atoms with Gasteiger partial charge in [-0.1, -0.05) is 30.3 Å². The molecule has 2 unspecified atom stereocenters. The predicted molar refractivity (Wildman–Crippen MR) is 86.8 cm³/mol.